The van der Waals surface area contributed by atoms with E-state index in [0.29, 0.717) is 6.04 Å². The molecular weight excluding hydrogens is 508 g/mol. The fraction of sp³-hybridized carbons (Fsp3) is 0.150. The van der Waals surface area contributed by atoms with Crippen LogP contribution >= 0.6 is 0 Å². The van der Waals surface area contributed by atoms with E-state index in [1.165, 1.54) is 21.6 Å². The Kier molecular flexibility index (Phi) is 16.0. The van der Waals surface area contributed by atoms with E-state index in [2.05, 4.69) is 130 Å². The highest BCUT2D eigenvalue weighted by atomic mass is 14.9. The van der Waals surface area contributed by atoms with E-state index in [4.69, 9.17) is 0 Å². The van der Waals surface area contributed by atoms with Gasteiger partial charge in [0.05, 0.1) is 0 Å². The fourth-order valence-corrected chi connectivity index (χ4v) is 3.94. The first kappa shape index (κ1) is 33.4. The molecule has 2 heteroatoms. The summed E-state index contributed by atoms with van der Waals surface area (Å²) < 4.78 is 0. The van der Waals surface area contributed by atoms with Crippen molar-refractivity contribution in [3.05, 3.63) is 181 Å². The Morgan fingerprint density at radius 1 is 0.786 bits per heavy atom. The van der Waals surface area contributed by atoms with Crippen LogP contribution in [0.2, 0.25) is 0 Å². The molecule has 0 radical (unpaired) electrons. The molecule has 2 N–H and O–H groups in total. The molecule has 0 fully saturated rings. The lowest BCUT2D eigenvalue weighted by Gasteiger charge is -2.14. The highest BCUT2D eigenvalue weighted by Gasteiger charge is 2.03. The number of benzene rings is 3. The quantitative estimate of drug-likeness (QED) is 0.148. The van der Waals surface area contributed by atoms with Crippen molar-refractivity contribution in [2.45, 2.75) is 39.2 Å². The molecule has 0 saturated heterocycles. The summed E-state index contributed by atoms with van der Waals surface area (Å²) >= 11 is 0. The van der Waals surface area contributed by atoms with Gasteiger partial charge in [-0.2, -0.15) is 0 Å². The number of hydrogen-bond donors (Lipinski definition) is 2. The molecule has 42 heavy (non-hydrogen) atoms. The van der Waals surface area contributed by atoms with E-state index in [0.717, 1.165) is 36.2 Å². The Balaban J connectivity index is 0.000000247. The van der Waals surface area contributed by atoms with Gasteiger partial charge in [0, 0.05) is 23.6 Å². The molecule has 1 unspecified atom stereocenters. The van der Waals surface area contributed by atoms with Crippen molar-refractivity contribution in [2.24, 2.45) is 0 Å². The van der Waals surface area contributed by atoms with Crippen molar-refractivity contribution in [2.75, 3.05) is 5.32 Å². The highest BCUT2D eigenvalue weighted by Crippen LogP contribution is 2.19. The van der Waals surface area contributed by atoms with Crippen molar-refractivity contribution in [1.29, 1.82) is 0 Å². The number of anilines is 1. The van der Waals surface area contributed by atoms with E-state index in [1.54, 1.807) is 6.08 Å². The van der Waals surface area contributed by atoms with Gasteiger partial charge in [-0.1, -0.05) is 140 Å². The second kappa shape index (κ2) is 20.1. The molecule has 4 rings (SSSR count). The maximum Gasteiger partial charge on any atom is 0.0476 e. The summed E-state index contributed by atoms with van der Waals surface area (Å²) in [6, 6.07) is 27.3. The monoisotopic (exact) mass is 554 g/mol. The maximum absolute atomic E-state index is 3.77. The Morgan fingerprint density at radius 2 is 1.43 bits per heavy atom. The zero-order valence-corrected chi connectivity index (χ0v) is 25.3. The summed E-state index contributed by atoms with van der Waals surface area (Å²) in [4.78, 5) is 0. The number of rotatable bonds is 10. The van der Waals surface area contributed by atoms with Gasteiger partial charge in [0.25, 0.3) is 0 Å². The zero-order chi connectivity index (χ0) is 30.4. The van der Waals surface area contributed by atoms with Gasteiger partial charge in [0.2, 0.25) is 0 Å². The molecule has 216 valence electrons. The first-order valence-corrected chi connectivity index (χ1v) is 14.4. The van der Waals surface area contributed by atoms with Crippen LogP contribution in [-0.4, -0.2) is 6.04 Å². The summed E-state index contributed by atoms with van der Waals surface area (Å²) in [5.74, 6) is 0. The predicted octanol–water partition coefficient (Wildman–Crippen LogP) is 9.03. The first-order valence-electron chi connectivity index (χ1n) is 14.4. The van der Waals surface area contributed by atoms with Crippen molar-refractivity contribution < 1.29 is 0 Å². The Morgan fingerprint density at radius 3 is 2.00 bits per heavy atom. The number of allylic oxidation sites excluding steroid dienone is 7. The van der Waals surface area contributed by atoms with Crippen LogP contribution in [0.4, 0.5) is 5.69 Å². The average Bonchev–Trinajstić information content (AvgIpc) is 3.02. The summed E-state index contributed by atoms with van der Waals surface area (Å²) in [7, 11) is 0. The van der Waals surface area contributed by atoms with Gasteiger partial charge in [-0.25, -0.2) is 0 Å². The minimum absolute atomic E-state index is 0.394. The molecule has 0 saturated carbocycles. The highest BCUT2D eigenvalue weighted by molar-refractivity contribution is 5.77. The SMILES string of the molecule is C=C/C=C(/Nc1ccc(C)cc1)c1ccccc1.C=C/C=c1/cccc/c1=C\NC1C=CC(C)=CC1.C=CCCC=C. The largest absolute Gasteiger partial charge is 0.384 e. The Labute approximate surface area is 253 Å². The molecule has 1 atom stereocenters. The third-order valence-electron chi connectivity index (χ3n) is 6.31. The molecule has 1 aliphatic rings. The molecule has 0 spiro atoms. The van der Waals surface area contributed by atoms with Crippen molar-refractivity contribution in [1.82, 2.24) is 5.32 Å². The molecule has 0 aromatic heterocycles. The van der Waals surface area contributed by atoms with Gasteiger partial charge in [0.1, 0.15) is 0 Å². The number of unbranched alkanes of at least 4 members (excludes halogenated alkanes) is 1. The Hall–Kier alpha value is -4.82. The summed E-state index contributed by atoms with van der Waals surface area (Å²) in [5, 5.41) is 9.24. The number of aryl methyl sites for hydroxylation is 1. The van der Waals surface area contributed by atoms with Gasteiger partial charge in [-0.05, 0) is 67.3 Å². The molecule has 0 aliphatic heterocycles. The minimum Gasteiger partial charge on any atom is -0.384 e. The first-order chi connectivity index (χ1) is 20.5. The molecule has 0 heterocycles. The zero-order valence-electron chi connectivity index (χ0n) is 25.3. The van der Waals surface area contributed by atoms with Gasteiger partial charge in [-0.3, -0.25) is 0 Å². The van der Waals surface area contributed by atoms with E-state index < -0.39 is 0 Å². The molecule has 3 aromatic rings. The topological polar surface area (TPSA) is 24.1 Å². The van der Waals surface area contributed by atoms with Crippen LogP contribution in [0.5, 0.6) is 0 Å². The van der Waals surface area contributed by atoms with E-state index >= 15 is 0 Å². The van der Waals surface area contributed by atoms with E-state index in [9.17, 15) is 0 Å². The van der Waals surface area contributed by atoms with Crippen LogP contribution < -0.4 is 21.1 Å². The van der Waals surface area contributed by atoms with E-state index in [-0.39, 0.29) is 0 Å². The van der Waals surface area contributed by atoms with Crippen LogP contribution in [0.15, 0.2) is 159 Å². The molecule has 1 aliphatic carbocycles. The Bertz CT molecular complexity index is 1460. The normalized spacial score (nSPS) is 14.7. The molecule has 3 aromatic carbocycles. The van der Waals surface area contributed by atoms with Gasteiger partial charge < -0.3 is 10.6 Å². The van der Waals surface area contributed by atoms with Gasteiger partial charge in [-0.15, -0.1) is 13.2 Å². The van der Waals surface area contributed by atoms with Gasteiger partial charge in [0.15, 0.2) is 0 Å². The molecule has 0 amide bonds. The third kappa shape index (κ3) is 13.0. The lowest BCUT2D eigenvalue weighted by Crippen LogP contribution is -2.30. The smallest absolute Gasteiger partial charge is 0.0476 e. The fourth-order valence-electron chi connectivity index (χ4n) is 3.94. The van der Waals surface area contributed by atoms with Crippen LogP contribution in [0.1, 0.15) is 37.3 Å². The number of nitrogens with one attached hydrogen (secondary N) is 2. The lowest BCUT2D eigenvalue weighted by atomic mass is 10.0. The third-order valence-corrected chi connectivity index (χ3v) is 6.31. The van der Waals surface area contributed by atoms with Crippen LogP contribution in [-0.2, 0) is 0 Å². The van der Waals surface area contributed by atoms with Crippen molar-refractivity contribution >= 4 is 23.7 Å². The summed E-state index contributed by atoms with van der Waals surface area (Å²) in [5.41, 5.74) is 5.88. The maximum atomic E-state index is 3.77. The lowest BCUT2D eigenvalue weighted by molar-refractivity contribution is 0.725. The van der Waals surface area contributed by atoms with Crippen molar-refractivity contribution in [3.63, 3.8) is 0 Å². The molecular formula is C40H46N2. The van der Waals surface area contributed by atoms with Crippen LogP contribution in [0.25, 0.3) is 18.0 Å². The average molecular weight is 555 g/mol. The summed E-state index contributed by atoms with van der Waals surface area (Å²) in [6.45, 7) is 18.8. The second-order valence-corrected chi connectivity index (χ2v) is 9.82. The molecule has 2 nitrogen and oxygen atoms in total. The van der Waals surface area contributed by atoms with E-state index in [1.807, 2.05) is 54.6 Å². The molecule has 0 bridgehead atoms. The number of hydrogen-bond acceptors (Lipinski definition) is 2. The van der Waals surface area contributed by atoms with Gasteiger partial charge >= 0.3 is 0 Å². The van der Waals surface area contributed by atoms with Crippen LogP contribution in [0.3, 0.4) is 0 Å². The van der Waals surface area contributed by atoms with Crippen LogP contribution in [0, 0.1) is 6.92 Å². The van der Waals surface area contributed by atoms with Crippen molar-refractivity contribution in [3.8, 4) is 0 Å². The second-order valence-electron chi connectivity index (χ2n) is 9.82. The standard InChI is InChI=1S/C17H17N.C17H19N.C6H10/c1-3-7-17(15-8-5-4-6-9-15)18-16-12-10-14(2)11-13-16;1-3-6-15-7-4-5-8-16(15)13-18-17-11-9-14(2)10-12-17;1-3-5-6-4-2/h3-13,18H,1H2,2H3;3-11,13,17-18H,1,12H2,2H3;3-4H,1-2,5-6H2/b17-7+;15-6-,16-13+;. The predicted molar refractivity (Wildman–Crippen MR) is 188 cm³/mol. The minimum atomic E-state index is 0.394. The summed E-state index contributed by atoms with van der Waals surface area (Å²) in [6.07, 6.45) is 23.3.